The van der Waals surface area contributed by atoms with E-state index < -0.39 is 0 Å². The highest BCUT2D eigenvalue weighted by Crippen LogP contribution is 2.44. The first-order valence-corrected chi connectivity index (χ1v) is 9.60. The summed E-state index contributed by atoms with van der Waals surface area (Å²) in [5.41, 5.74) is 4.12. The molecule has 0 N–H and O–H groups in total. The lowest BCUT2D eigenvalue weighted by Gasteiger charge is -2.23. The third-order valence-corrected chi connectivity index (χ3v) is 5.63. The van der Waals surface area contributed by atoms with Gasteiger partial charge < -0.3 is 9.47 Å². The van der Waals surface area contributed by atoms with E-state index in [0.29, 0.717) is 5.92 Å². The molecule has 4 nitrogen and oxygen atoms in total. The maximum atomic E-state index is 12.8. The highest BCUT2D eigenvalue weighted by Gasteiger charge is 2.29. The summed E-state index contributed by atoms with van der Waals surface area (Å²) in [6.45, 7) is 0. The topological polar surface area (TPSA) is 40.5 Å². The van der Waals surface area contributed by atoms with Crippen LogP contribution in [0.4, 0.5) is 4.79 Å². The van der Waals surface area contributed by atoms with Gasteiger partial charge in [0.05, 0.1) is 25.4 Å². The van der Waals surface area contributed by atoms with Gasteiger partial charge in [0.25, 0.3) is 0 Å². The first-order chi connectivity index (χ1) is 13.2. The van der Waals surface area contributed by atoms with Crippen molar-refractivity contribution in [2.24, 2.45) is 0 Å². The van der Waals surface area contributed by atoms with Crippen LogP contribution in [0.2, 0.25) is 0 Å². The number of fused-ring (bicyclic) bond motifs is 1. The molecule has 0 aliphatic heterocycles. The molecule has 0 saturated heterocycles. The van der Waals surface area contributed by atoms with Crippen LogP contribution in [0.3, 0.4) is 0 Å². The number of nitrogens with zero attached hydrogens (tertiary/aromatic N) is 1. The first-order valence-electron chi connectivity index (χ1n) is 9.60. The maximum Gasteiger partial charge on any atom is 0.418 e. The summed E-state index contributed by atoms with van der Waals surface area (Å²) in [6, 6.07) is 16.1. The van der Waals surface area contributed by atoms with Crippen LogP contribution in [0, 0.1) is 0 Å². The predicted molar refractivity (Wildman–Crippen MR) is 108 cm³/mol. The molecule has 0 atom stereocenters. The second kappa shape index (κ2) is 7.47. The Morgan fingerprint density at radius 2 is 1.74 bits per heavy atom. The number of benzene rings is 2. The van der Waals surface area contributed by atoms with Crippen molar-refractivity contribution in [3.8, 4) is 17.0 Å². The van der Waals surface area contributed by atoms with Gasteiger partial charge in [0.1, 0.15) is 5.75 Å². The van der Waals surface area contributed by atoms with Gasteiger partial charge >= 0.3 is 6.09 Å². The molecule has 0 amide bonds. The fourth-order valence-corrected chi connectivity index (χ4v) is 4.39. The van der Waals surface area contributed by atoms with E-state index in [1.807, 2.05) is 30.3 Å². The molecule has 1 fully saturated rings. The van der Waals surface area contributed by atoms with Crippen molar-refractivity contribution in [2.45, 2.75) is 38.0 Å². The molecule has 1 saturated carbocycles. The van der Waals surface area contributed by atoms with E-state index in [1.165, 1.54) is 31.9 Å². The average Bonchev–Trinajstić information content (AvgIpc) is 3.08. The van der Waals surface area contributed by atoms with E-state index in [9.17, 15) is 4.79 Å². The molecule has 0 bridgehead atoms. The molecule has 1 aliphatic rings. The average molecular weight is 363 g/mol. The summed E-state index contributed by atoms with van der Waals surface area (Å²) in [4.78, 5) is 12.8. The molecule has 1 aliphatic carbocycles. The number of ether oxygens (including phenoxy) is 2. The molecule has 3 aromatic rings. The van der Waals surface area contributed by atoms with Gasteiger partial charge in [-0.15, -0.1) is 0 Å². The van der Waals surface area contributed by atoms with Gasteiger partial charge in [-0.05, 0) is 48.1 Å². The Labute approximate surface area is 159 Å². The number of hydrogen-bond donors (Lipinski definition) is 0. The number of rotatable bonds is 3. The number of aromatic nitrogens is 1. The molecule has 0 spiro atoms. The number of carbonyl (C=O) groups is 1. The fourth-order valence-electron chi connectivity index (χ4n) is 4.39. The van der Waals surface area contributed by atoms with Gasteiger partial charge in [0.2, 0.25) is 0 Å². The summed E-state index contributed by atoms with van der Waals surface area (Å²) >= 11 is 0. The van der Waals surface area contributed by atoms with Crippen molar-refractivity contribution in [2.75, 3.05) is 14.2 Å². The van der Waals surface area contributed by atoms with Crippen molar-refractivity contribution in [1.82, 2.24) is 4.57 Å². The molecule has 140 valence electrons. The Kier molecular flexibility index (Phi) is 4.88. The molecular formula is C23H25NO3. The lowest BCUT2D eigenvalue weighted by atomic mass is 9.82. The van der Waals surface area contributed by atoms with Crippen molar-refractivity contribution in [3.63, 3.8) is 0 Å². The van der Waals surface area contributed by atoms with Gasteiger partial charge in [0, 0.05) is 5.39 Å². The van der Waals surface area contributed by atoms with Crippen LogP contribution in [0.1, 0.15) is 43.6 Å². The van der Waals surface area contributed by atoms with Crippen LogP contribution in [0.5, 0.6) is 5.75 Å². The molecule has 2 aromatic carbocycles. The van der Waals surface area contributed by atoms with E-state index in [2.05, 4.69) is 18.2 Å². The van der Waals surface area contributed by atoms with Crippen LogP contribution in [-0.4, -0.2) is 24.9 Å². The summed E-state index contributed by atoms with van der Waals surface area (Å²) < 4.78 is 12.4. The lowest BCUT2D eigenvalue weighted by molar-refractivity contribution is 0.174. The first kappa shape index (κ1) is 17.7. The minimum absolute atomic E-state index is 0.355. The number of carbonyl (C=O) groups excluding carboxylic acids is 1. The van der Waals surface area contributed by atoms with Crippen LogP contribution in [0.25, 0.3) is 22.2 Å². The zero-order valence-electron chi connectivity index (χ0n) is 15.9. The van der Waals surface area contributed by atoms with E-state index >= 15 is 0 Å². The van der Waals surface area contributed by atoms with Crippen molar-refractivity contribution < 1.29 is 14.3 Å². The minimum Gasteiger partial charge on any atom is -0.497 e. The molecule has 0 unspecified atom stereocenters. The Hall–Kier alpha value is -2.75. The quantitative estimate of drug-likeness (QED) is 0.575. The van der Waals surface area contributed by atoms with Crippen LogP contribution >= 0.6 is 0 Å². The largest absolute Gasteiger partial charge is 0.497 e. The standard InChI is InChI=1S/C23H25NO3/c1-26-18-13-14-20-19(15-18)21(16-9-5-3-6-10-16)22(24(20)23(25)27-2)17-11-7-4-8-12-17/h4,7-8,11-16H,3,5-6,9-10H2,1-2H3. The Morgan fingerprint density at radius 3 is 2.41 bits per heavy atom. The number of methoxy groups -OCH3 is 2. The summed E-state index contributed by atoms with van der Waals surface area (Å²) in [5, 5.41) is 1.09. The zero-order chi connectivity index (χ0) is 18.8. The normalized spacial score (nSPS) is 15.0. The Morgan fingerprint density at radius 1 is 1.00 bits per heavy atom. The van der Waals surface area contributed by atoms with Crippen LogP contribution in [-0.2, 0) is 4.74 Å². The van der Waals surface area contributed by atoms with Gasteiger partial charge in [-0.3, -0.25) is 0 Å². The Balaban J connectivity index is 2.07. The Bertz CT molecular complexity index is 953. The fraction of sp³-hybridized carbons (Fsp3) is 0.348. The molecule has 4 heteroatoms. The smallest absolute Gasteiger partial charge is 0.418 e. The highest BCUT2D eigenvalue weighted by atomic mass is 16.5. The van der Waals surface area contributed by atoms with Crippen molar-refractivity contribution in [1.29, 1.82) is 0 Å². The van der Waals surface area contributed by atoms with E-state index in [4.69, 9.17) is 9.47 Å². The van der Waals surface area contributed by atoms with Crippen molar-refractivity contribution >= 4 is 17.0 Å². The molecular weight excluding hydrogens is 338 g/mol. The highest BCUT2D eigenvalue weighted by molar-refractivity contribution is 6.00. The summed E-state index contributed by atoms with van der Waals surface area (Å²) in [6.07, 6.45) is 5.69. The lowest BCUT2D eigenvalue weighted by Crippen LogP contribution is -2.14. The number of hydrogen-bond acceptors (Lipinski definition) is 3. The minimum atomic E-state index is -0.355. The van der Waals surface area contributed by atoms with Gasteiger partial charge in [-0.1, -0.05) is 49.6 Å². The van der Waals surface area contributed by atoms with Gasteiger partial charge in [-0.25, -0.2) is 9.36 Å². The predicted octanol–water partition coefficient (Wildman–Crippen LogP) is 5.98. The third kappa shape index (κ3) is 3.09. The summed E-state index contributed by atoms with van der Waals surface area (Å²) in [7, 11) is 3.11. The molecule has 1 aromatic heterocycles. The maximum absolute atomic E-state index is 12.8. The van der Waals surface area contributed by atoms with E-state index in [1.54, 1.807) is 11.7 Å². The van der Waals surface area contributed by atoms with E-state index in [0.717, 1.165) is 40.8 Å². The van der Waals surface area contributed by atoms with Gasteiger partial charge in [0.15, 0.2) is 0 Å². The molecule has 27 heavy (non-hydrogen) atoms. The monoisotopic (exact) mass is 363 g/mol. The molecule has 1 heterocycles. The zero-order valence-corrected chi connectivity index (χ0v) is 15.9. The summed E-state index contributed by atoms with van der Waals surface area (Å²) in [5.74, 6) is 1.25. The van der Waals surface area contributed by atoms with Crippen LogP contribution in [0.15, 0.2) is 48.5 Å². The van der Waals surface area contributed by atoms with Crippen molar-refractivity contribution in [3.05, 3.63) is 54.1 Å². The van der Waals surface area contributed by atoms with Crippen LogP contribution < -0.4 is 4.74 Å². The molecule has 0 radical (unpaired) electrons. The SMILES string of the molecule is COC(=O)n1c(-c2ccccc2)c(C2CCCCC2)c2cc(OC)ccc21. The second-order valence-electron chi connectivity index (χ2n) is 7.15. The third-order valence-electron chi connectivity index (χ3n) is 5.63. The second-order valence-corrected chi connectivity index (χ2v) is 7.15. The molecule has 4 rings (SSSR count). The van der Waals surface area contributed by atoms with Gasteiger partial charge in [-0.2, -0.15) is 0 Å². The van der Waals surface area contributed by atoms with E-state index in [-0.39, 0.29) is 6.09 Å².